The Bertz CT molecular complexity index is 964. The molecule has 0 bridgehead atoms. The highest BCUT2D eigenvalue weighted by molar-refractivity contribution is 5.96. The molecule has 0 fully saturated rings. The molecule has 0 aromatic heterocycles. The molecule has 0 saturated carbocycles. The van der Waals surface area contributed by atoms with Crippen molar-refractivity contribution in [3.63, 3.8) is 0 Å². The third kappa shape index (κ3) is 4.60. The predicted octanol–water partition coefficient (Wildman–Crippen LogP) is 3.08. The van der Waals surface area contributed by atoms with Crippen molar-refractivity contribution in [1.82, 2.24) is 0 Å². The minimum atomic E-state index is -0.205. The van der Waals surface area contributed by atoms with Crippen molar-refractivity contribution in [3.8, 4) is 0 Å². The highest BCUT2D eigenvalue weighted by Crippen LogP contribution is 2.15. The molecule has 2 atom stereocenters. The first-order chi connectivity index (χ1) is 12.9. The summed E-state index contributed by atoms with van der Waals surface area (Å²) in [6, 6.07) is 21.5. The van der Waals surface area contributed by atoms with Crippen LogP contribution in [0.15, 0.2) is 66.7 Å². The molecule has 3 aromatic carbocycles. The normalized spacial score (nSPS) is 13.1. The van der Waals surface area contributed by atoms with Gasteiger partial charge in [-0.1, -0.05) is 36.4 Å². The van der Waals surface area contributed by atoms with Crippen molar-refractivity contribution < 1.29 is 14.5 Å². The lowest BCUT2D eigenvalue weighted by atomic mass is 10.1. The average molecular weight is 361 g/mol. The van der Waals surface area contributed by atoms with E-state index in [9.17, 15) is 9.59 Å². The van der Waals surface area contributed by atoms with Gasteiger partial charge in [0.05, 0.1) is 7.05 Å². The summed E-state index contributed by atoms with van der Waals surface area (Å²) in [4.78, 5) is 25.0. The van der Waals surface area contributed by atoms with Crippen LogP contribution in [0.25, 0.3) is 10.8 Å². The molecule has 138 valence electrons. The van der Waals surface area contributed by atoms with Crippen LogP contribution >= 0.6 is 0 Å². The van der Waals surface area contributed by atoms with Crippen LogP contribution in [0.5, 0.6) is 0 Å². The number of amides is 1. The van der Waals surface area contributed by atoms with Crippen LogP contribution in [0.3, 0.4) is 0 Å². The third-order valence-corrected chi connectivity index (χ3v) is 4.99. The summed E-state index contributed by atoms with van der Waals surface area (Å²) in [6.07, 6.45) is 0. The third-order valence-electron chi connectivity index (χ3n) is 4.99. The number of ketones is 1. The van der Waals surface area contributed by atoms with Gasteiger partial charge >= 0.3 is 0 Å². The number of carbonyl (C=O) groups excluding carboxylic acids is 2. The molecule has 3 aromatic rings. The average Bonchev–Trinajstić information content (AvgIpc) is 2.67. The van der Waals surface area contributed by atoms with Crippen molar-refractivity contribution in [2.24, 2.45) is 0 Å². The van der Waals surface area contributed by atoms with Crippen molar-refractivity contribution >= 4 is 28.2 Å². The fourth-order valence-corrected chi connectivity index (χ4v) is 3.09. The van der Waals surface area contributed by atoms with Crippen molar-refractivity contribution in [3.05, 3.63) is 77.9 Å². The summed E-state index contributed by atoms with van der Waals surface area (Å²) in [6.45, 7) is 4.22. The standard InChI is InChI=1S/C23H24N2O2/c1-16(23(27)24-22-12-10-19(11-13-22)17(2)26)25(3)15-18-8-9-20-6-4-5-7-21(20)14-18/h4-14,16H,15H2,1-3H3,(H,24,27)/p+1/t16-/m1/s1. The van der Waals surface area contributed by atoms with E-state index >= 15 is 0 Å². The first kappa shape index (κ1) is 18.8. The maximum atomic E-state index is 12.6. The molecule has 4 nitrogen and oxygen atoms in total. The maximum absolute atomic E-state index is 12.6. The fourth-order valence-electron chi connectivity index (χ4n) is 3.09. The van der Waals surface area contributed by atoms with Crippen LogP contribution in [-0.2, 0) is 11.3 Å². The molecular weight excluding hydrogens is 336 g/mol. The molecular formula is C23H25N2O2+. The number of nitrogens with one attached hydrogen (secondary N) is 2. The van der Waals surface area contributed by atoms with Crippen molar-refractivity contribution in [1.29, 1.82) is 0 Å². The maximum Gasteiger partial charge on any atom is 0.282 e. The number of fused-ring (bicyclic) bond motifs is 1. The van der Waals surface area contributed by atoms with E-state index in [0.29, 0.717) is 11.3 Å². The van der Waals surface area contributed by atoms with E-state index in [0.717, 1.165) is 11.4 Å². The molecule has 0 radical (unpaired) electrons. The first-order valence-corrected chi connectivity index (χ1v) is 9.16. The summed E-state index contributed by atoms with van der Waals surface area (Å²) >= 11 is 0. The Hall–Kier alpha value is -2.98. The second-order valence-electron chi connectivity index (χ2n) is 7.05. The Kier molecular flexibility index (Phi) is 5.67. The Labute approximate surface area is 159 Å². The number of hydrogen-bond acceptors (Lipinski definition) is 2. The number of carbonyl (C=O) groups is 2. The van der Waals surface area contributed by atoms with Gasteiger partial charge in [-0.3, -0.25) is 9.59 Å². The molecule has 0 saturated heterocycles. The zero-order valence-corrected chi connectivity index (χ0v) is 16.0. The molecule has 2 N–H and O–H groups in total. The van der Waals surface area contributed by atoms with Crippen molar-refractivity contribution in [2.45, 2.75) is 26.4 Å². The second-order valence-corrected chi connectivity index (χ2v) is 7.05. The van der Waals surface area contributed by atoms with Gasteiger partial charge in [0.15, 0.2) is 11.8 Å². The van der Waals surface area contributed by atoms with Gasteiger partial charge in [-0.25, -0.2) is 0 Å². The Morgan fingerprint density at radius 2 is 1.63 bits per heavy atom. The van der Waals surface area contributed by atoms with Gasteiger partial charge in [0.1, 0.15) is 6.54 Å². The molecule has 27 heavy (non-hydrogen) atoms. The molecule has 0 aliphatic rings. The van der Waals surface area contributed by atoms with Crippen LogP contribution in [0, 0.1) is 0 Å². The van der Waals surface area contributed by atoms with Gasteiger partial charge in [0, 0.05) is 16.8 Å². The van der Waals surface area contributed by atoms with Crippen LogP contribution < -0.4 is 10.2 Å². The number of hydrogen-bond donors (Lipinski definition) is 2. The summed E-state index contributed by atoms with van der Waals surface area (Å²) in [5.41, 5.74) is 2.55. The SMILES string of the molecule is CC(=O)c1ccc(NC(=O)[C@@H](C)[NH+](C)Cc2ccc3ccccc3c2)cc1. The van der Waals surface area contributed by atoms with Gasteiger partial charge in [-0.05, 0) is 55.0 Å². The minimum absolute atomic E-state index is 0.0146. The van der Waals surface area contributed by atoms with E-state index in [2.05, 4.69) is 35.6 Å². The Morgan fingerprint density at radius 1 is 0.963 bits per heavy atom. The van der Waals surface area contributed by atoms with Crippen LogP contribution in [-0.4, -0.2) is 24.8 Å². The number of likely N-dealkylation sites (N-methyl/N-ethyl adjacent to an activating group) is 1. The topological polar surface area (TPSA) is 50.6 Å². The monoisotopic (exact) mass is 361 g/mol. The number of anilines is 1. The number of rotatable bonds is 6. The van der Waals surface area contributed by atoms with Gasteiger partial charge in [-0.2, -0.15) is 0 Å². The van der Waals surface area contributed by atoms with Crippen LogP contribution in [0.1, 0.15) is 29.8 Å². The molecule has 0 aliphatic carbocycles. The minimum Gasteiger partial charge on any atom is -0.324 e. The highest BCUT2D eigenvalue weighted by Gasteiger charge is 2.22. The largest absolute Gasteiger partial charge is 0.324 e. The smallest absolute Gasteiger partial charge is 0.282 e. The van der Waals surface area contributed by atoms with E-state index in [1.165, 1.54) is 23.3 Å². The first-order valence-electron chi connectivity index (χ1n) is 9.16. The molecule has 1 amide bonds. The van der Waals surface area contributed by atoms with E-state index in [1.54, 1.807) is 24.3 Å². The van der Waals surface area contributed by atoms with Gasteiger partial charge in [0.2, 0.25) is 0 Å². The van der Waals surface area contributed by atoms with Crippen molar-refractivity contribution in [2.75, 3.05) is 12.4 Å². The number of Topliss-reactive ketones (excluding diaryl/α,β-unsaturated/α-hetero) is 1. The van der Waals surface area contributed by atoms with E-state index in [4.69, 9.17) is 0 Å². The number of benzene rings is 3. The molecule has 3 rings (SSSR count). The second kappa shape index (κ2) is 8.14. The van der Waals surface area contributed by atoms with Gasteiger partial charge in [-0.15, -0.1) is 0 Å². The predicted molar refractivity (Wildman–Crippen MR) is 109 cm³/mol. The molecule has 0 spiro atoms. The Morgan fingerprint density at radius 3 is 2.30 bits per heavy atom. The molecule has 1 unspecified atom stereocenters. The fraction of sp³-hybridized carbons (Fsp3) is 0.217. The zero-order valence-electron chi connectivity index (χ0n) is 16.0. The highest BCUT2D eigenvalue weighted by atomic mass is 16.2. The lowest BCUT2D eigenvalue weighted by Gasteiger charge is -2.21. The van der Waals surface area contributed by atoms with Gasteiger partial charge in [0.25, 0.3) is 5.91 Å². The van der Waals surface area contributed by atoms with Gasteiger partial charge < -0.3 is 10.2 Å². The molecule has 0 heterocycles. The molecule has 0 aliphatic heterocycles. The van der Waals surface area contributed by atoms with E-state index in [1.807, 2.05) is 26.1 Å². The van der Waals surface area contributed by atoms with E-state index in [-0.39, 0.29) is 17.7 Å². The molecule has 4 heteroatoms. The lowest BCUT2D eigenvalue weighted by molar-refractivity contribution is -0.907. The lowest BCUT2D eigenvalue weighted by Crippen LogP contribution is -3.12. The Balaban J connectivity index is 1.63. The summed E-state index contributed by atoms with van der Waals surface area (Å²) in [5.74, 6) is -0.0235. The van der Waals surface area contributed by atoms with Crippen LogP contribution in [0.2, 0.25) is 0 Å². The number of quaternary nitrogens is 1. The summed E-state index contributed by atoms with van der Waals surface area (Å²) in [5, 5.41) is 5.37. The summed E-state index contributed by atoms with van der Waals surface area (Å²) in [7, 11) is 2.03. The van der Waals surface area contributed by atoms with E-state index < -0.39 is 0 Å². The summed E-state index contributed by atoms with van der Waals surface area (Å²) < 4.78 is 0. The quantitative estimate of drug-likeness (QED) is 0.663. The van der Waals surface area contributed by atoms with Crippen LogP contribution in [0.4, 0.5) is 5.69 Å². The zero-order chi connectivity index (χ0) is 19.4.